The summed E-state index contributed by atoms with van der Waals surface area (Å²) in [5.74, 6) is -0.384. The van der Waals surface area contributed by atoms with Crippen molar-refractivity contribution < 1.29 is 22.6 Å². The number of para-hydroxylation sites is 1. The maximum absolute atomic E-state index is 13.9. The molecule has 3 rings (SSSR count). The first kappa shape index (κ1) is 19.7. The van der Waals surface area contributed by atoms with Gasteiger partial charge < -0.3 is 4.90 Å². The molecule has 2 aromatic carbocycles. The number of rotatable bonds is 5. The fraction of sp³-hybridized carbons (Fsp3) is 0.294. The van der Waals surface area contributed by atoms with Crippen molar-refractivity contribution in [3.63, 3.8) is 0 Å². The Morgan fingerprint density at radius 2 is 1.81 bits per heavy atom. The molecule has 1 aliphatic heterocycles. The van der Waals surface area contributed by atoms with Gasteiger partial charge in [0, 0.05) is 6.07 Å². The van der Waals surface area contributed by atoms with Gasteiger partial charge >= 0.3 is 0 Å². The third-order valence-electron chi connectivity index (χ3n) is 4.60. The van der Waals surface area contributed by atoms with E-state index in [9.17, 15) is 22.9 Å². The van der Waals surface area contributed by atoms with Crippen molar-refractivity contribution in [3.05, 3.63) is 69.0 Å². The molecule has 1 fully saturated rings. The molecule has 0 saturated carbocycles. The number of nitrogens with one attached hydrogen (secondary N) is 1. The molecular weight excluding hydrogens is 397 g/mol. The van der Waals surface area contributed by atoms with Gasteiger partial charge in [-0.25, -0.2) is 12.8 Å². The van der Waals surface area contributed by atoms with E-state index < -0.39 is 20.6 Å². The van der Waals surface area contributed by atoms with Gasteiger partial charge in [0.25, 0.3) is 5.69 Å². The Hall–Kier alpha value is -2.07. The first-order chi connectivity index (χ1) is 12.8. The summed E-state index contributed by atoms with van der Waals surface area (Å²) in [6.45, 7) is 1.63. The molecule has 0 bridgehead atoms. The van der Waals surface area contributed by atoms with Gasteiger partial charge in [0.2, 0.25) is 10.0 Å². The highest BCUT2D eigenvalue weighted by atomic mass is 35.5. The predicted molar refractivity (Wildman–Crippen MR) is 97.7 cm³/mol. The van der Waals surface area contributed by atoms with Gasteiger partial charge in [-0.3, -0.25) is 10.1 Å². The lowest BCUT2D eigenvalue weighted by atomic mass is 10.2. The highest BCUT2D eigenvalue weighted by Gasteiger charge is 2.35. The summed E-state index contributed by atoms with van der Waals surface area (Å²) in [6, 6.07) is 9.80. The largest absolute Gasteiger partial charge is 0.329 e. The van der Waals surface area contributed by atoms with Gasteiger partial charge in [-0.05, 0) is 18.2 Å². The van der Waals surface area contributed by atoms with Crippen molar-refractivity contribution in [1.29, 1.82) is 0 Å². The SMILES string of the molecule is O=[N+]([O-])c1ccccc1S(=O)(=O)N1CC[NH+](Cc2c(F)cccc2Cl)CC1. The van der Waals surface area contributed by atoms with Crippen LogP contribution in [0, 0.1) is 15.9 Å². The molecule has 1 heterocycles. The highest BCUT2D eigenvalue weighted by molar-refractivity contribution is 7.89. The van der Waals surface area contributed by atoms with E-state index in [1.165, 1.54) is 40.7 Å². The van der Waals surface area contributed by atoms with Gasteiger partial charge in [-0.2, -0.15) is 4.31 Å². The summed E-state index contributed by atoms with van der Waals surface area (Å²) in [4.78, 5) is 11.1. The summed E-state index contributed by atoms with van der Waals surface area (Å²) in [7, 11) is -3.97. The average Bonchev–Trinajstić information content (AvgIpc) is 2.65. The minimum absolute atomic E-state index is 0.190. The molecule has 0 unspecified atom stereocenters. The molecule has 0 spiro atoms. The molecule has 0 aliphatic carbocycles. The van der Waals surface area contributed by atoms with Crippen LogP contribution in [0.2, 0.25) is 5.02 Å². The Morgan fingerprint density at radius 1 is 1.15 bits per heavy atom. The fourth-order valence-electron chi connectivity index (χ4n) is 3.14. The molecule has 2 aromatic rings. The quantitative estimate of drug-likeness (QED) is 0.593. The van der Waals surface area contributed by atoms with Crippen LogP contribution >= 0.6 is 11.6 Å². The number of piperazine rings is 1. The van der Waals surface area contributed by atoms with Gasteiger partial charge in [0.15, 0.2) is 4.90 Å². The summed E-state index contributed by atoms with van der Waals surface area (Å²) >= 11 is 6.05. The van der Waals surface area contributed by atoms with Crippen molar-refractivity contribution in [1.82, 2.24) is 4.31 Å². The molecule has 1 aliphatic rings. The molecule has 0 aromatic heterocycles. The molecule has 144 valence electrons. The summed E-state index contributed by atoms with van der Waals surface area (Å²) in [6.07, 6.45) is 0. The second kappa shape index (κ2) is 7.89. The van der Waals surface area contributed by atoms with E-state index in [4.69, 9.17) is 11.6 Å². The monoisotopic (exact) mass is 414 g/mol. The zero-order valence-electron chi connectivity index (χ0n) is 14.3. The number of quaternary nitrogens is 1. The summed E-state index contributed by atoms with van der Waals surface area (Å²) in [5.41, 5.74) is -0.0328. The molecule has 0 atom stereocenters. The van der Waals surface area contributed by atoms with Gasteiger partial charge in [0.05, 0.1) is 41.7 Å². The number of nitro benzene ring substituents is 1. The lowest BCUT2D eigenvalue weighted by Crippen LogP contribution is -3.13. The molecule has 1 N–H and O–H groups in total. The normalized spacial score (nSPS) is 16.4. The third kappa shape index (κ3) is 4.11. The van der Waals surface area contributed by atoms with Gasteiger partial charge in [0.1, 0.15) is 12.4 Å². The van der Waals surface area contributed by atoms with Crippen LogP contribution in [-0.4, -0.2) is 43.8 Å². The third-order valence-corrected chi connectivity index (χ3v) is 6.90. The van der Waals surface area contributed by atoms with Crippen LogP contribution in [0.5, 0.6) is 0 Å². The number of nitro groups is 1. The summed E-state index contributed by atoms with van der Waals surface area (Å²) < 4.78 is 40.8. The van der Waals surface area contributed by atoms with Crippen LogP contribution in [0.25, 0.3) is 0 Å². The Balaban J connectivity index is 1.73. The smallest absolute Gasteiger partial charge is 0.289 e. The molecule has 1 saturated heterocycles. The van der Waals surface area contributed by atoms with Crippen LogP contribution in [-0.2, 0) is 16.6 Å². The van der Waals surface area contributed by atoms with Gasteiger partial charge in [-0.15, -0.1) is 0 Å². The lowest BCUT2D eigenvalue weighted by Gasteiger charge is -2.31. The standard InChI is InChI=1S/C17H17ClFN3O4S/c18-14-4-3-5-15(19)13(14)12-20-8-10-21(11-9-20)27(25,26)17-7-2-1-6-16(17)22(23)24/h1-7H,8-12H2/p+1. The number of hydrogen-bond acceptors (Lipinski definition) is 4. The van der Waals surface area contributed by atoms with Crippen molar-refractivity contribution >= 4 is 27.3 Å². The first-order valence-electron chi connectivity index (χ1n) is 8.30. The minimum atomic E-state index is -3.97. The predicted octanol–water partition coefficient (Wildman–Crippen LogP) is 1.48. The lowest BCUT2D eigenvalue weighted by molar-refractivity contribution is -0.917. The number of sulfonamides is 1. The molecule has 10 heteroatoms. The number of hydrogen-bond donors (Lipinski definition) is 1. The number of halogens is 2. The Kier molecular flexibility index (Phi) is 5.75. The highest BCUT2D eigenvalue weighted by Crippen LogP contribution is 2.26. The second-order valence-electron chi connectivity index (χ2n) is 6.26. The maximum Gasteiger partial charge on any atom is 0.289 e. The van der Waals surface area contributed by atoms with E-state index in [1.807, 2.05) is 0 Å². The molecular formula is C17H18ClFN3O4S+. The van der Waals surface area contributed by atoms with Crippen molar-refractivity contribution in [3.8, 4) is 0 Å². The Bertz CT molecular complexity index is 942. The molecule has 27 heavy (non-hydrogen) atoms. The molecule has 0 amide bonds. The number of benzene rings is 2. The van der Waals surface area contributed by atoms with Crippen LogP contribution in [0.15, 0.2) is 47.4 Å². The fourth-order valence-corrected chi connectivity index (χ4v) is 4.96. The maximum atomic E-state index is 13.9. The summed E-state index contributed by atoms with van der Waals surface area (Å²) in [5, 5.41) is 11.5. The molecule has 0 radical (unpaired) electrons. The van der Waals surface area contributed by atoms with Crippen LogP contribution in [0.1, 0.15) is 5.56 Å². The Labute approximate surface area is 161 Å². The van der Waals surface area contributed by atoms with Crippen molar-refractivity contribution in [2.75, 3.05) is 26.2 Å². The van der Waals surface area contributed by atoms with E-state index >= 15 is 0 Å². The Morgan fingerprint density at radius 3 is 2.44 bits per heavy atom. The van der Waals surface area contributed by atoms with Gasteiger partial charge in [-0.1, -0.05) is 29.8 Å². The second-order valence-corrected chi connectivity index (χ2v) is 8.57. The van der Waals surface area contributed by atoms with E-state index in [-0.39, 0.29) is 23.8 Å². The zero-order chi connectivity index (χ0) is 19.6. The topological polar surface area (TPSA) is 85.0 Å². The number of nitrogens with zero attached hydrogens (tertiary/aromatic N) is 2. The van der Waals surface area contributed by atoms with Crippen LogP contribution < -0.4 is 4.90 Å². The van der Waals surface area contributed by atoms with E-state index in [0.717, 1.165) is 4.90 Å². The van der Waals surface area contributed by atoms with E-state index in [0.29, 0.717) is 30.2 Å². The molecule has 7 nitrogen and oxygen atoms in total. The zero-order valence-corrected chi connectivity index (χ0v) is 15.8. The average molecular weight is 415 g/mol. The van der Waals surface area contributed by atoms with E-state index in [1.54, 1.807) is 6.07 Å². The van der Waals surface area contributed by atoms with Crippen LogP contribution in [0.3, 0.4) is 0 Å². The van der Waals surface area contributed by atoms with Crippen LogP contribution in [0.4, 0.5) is 10.1 Å². The van der Waals surface area contributed by atoms with Crippen molar-refractivity contribution in [2.24, 2.45) is 0 Å². The van der Waals surface area contributed by atoms with E-state index in [2.05, 4.69) is 0 Å². The van der Waals surface area contributed by atoms with Crippen molar-refractivity contribution in [2.45, 2.75) is 11.4 Å². The minimum Gasteiger partial charge on any atom is -0.329 e. The first-order valence-corrected chi connectivity index (χ1v) is 10.1.